The molecule has 3 nitrogen and oxygen atoms in total. The van der Waals surface area contributed by atoms with Gasteiger partial charge in [0.15, 0.2) is 5.82 Å². The van der Waals surface area contributed by atoms with Crippen molar-refractivity contribution in [3.05, 3.63) is 41.7 Å². The minimum Gasteiger partial charge on any atom is -0.388 e. The monoisotopic (exact) mass is 255 g/mol. The van der Waals surface area contributed by atoms with Crippen LogP contribution in [0.25, 0.3) is 11.4 Å². The summed E-state index contributed by atoms with van der Waals surface area (Å²) in [5, 5.41) is 3.14. The Morgan fingerprint density at radius 1 is 1.05 bits per heavy atom. The highest BCUT2D eigenvalue weighted by atomic mass is 14.9. The Morgan fingerprint density at radius 3 is 2.42 bits per heavy atom. The fourth-order valence-corrected chi connectivity index (χ4v) is 1.90. The molecule has 1 aromatic heterocycles. The molecule has 0 saturated heterocycles. The van der Waals surface area contributed by atoms with Crippen molar-refractivity contribution >= 4 is 5.69 Å². The number of anilines is 1. The summed E-state index contributed by atoms with van der Waals surface area (Å²) in [4.78, 5) is 9.27. The summed E-state index contributed by atoms with van der Waals surface area (Å²) in [6.45, 7) is 8.52. The highest BCUT2D eigenvalue weighted by Crippen LogP contribution is 2.25. The Labute approximate surface area is 115 Å². The third kappa shape index (κ3) is 3.11. The van der Waals surface area contributed by atoms with Gasteiger partial charge < -0.3 is 5.32 Å². The summed E-state index contributed by atoms with van der Waals surface area (Å²) >= 11 is 0. The quantitative estimate of drug-likeness (QED) is 0.887. The second-order valence-corrected chi connectivity index (χ2v) is 5.80. The molecule has 0 saturated carbocycles. The predicted octanol–water partition coefficient (Wildman–Crippen LogP) is 3.79. The Hall–Kier alpha value is -1.90. The van der Waals surface area contributed by atoms with Crippen LogP contribution in [0.3, 0.4) is 0 Å². The first-order valence-corrected chi connectivity index (χ1v) is 6.54. The molecule has 100 valence electrons. The van der Waals surface area contributed by atoms with Crippen molar-refractivity contribution in [1.82, 2.24) is 9.97 Å². The van der Waals surface area contributed by atoms with Crippen LogP contribution in [0.5, 0.6) is 0 Å². The lowest BCUT2D eigenvalue weighted by Gasteiger charge is -2.19. The molecule has 0 aliphatic heterocycles. The smallest absolute Gasteiger partial charge is 0.159 e. The third-order valence-corrected chi connectivity index (χ3v) is 3.03. The molecule has 1 heterocycles. The molecular weight excluding hydrogens is 234 g/mol. The van der Waals surface area contributed by atoms with E-state index in [1.165, 1.54) is 0 Å². The standard InChI is InChI=1S/C16H21N3/c1-11-9-14(16(2,3)4)19-15(18-11)12-7-6-8-13(10-12)17-5/h6-10,17H,1-5H3. The van der Waals surface area contributed by atoms with Gasteiger partial charge in [-0.3, -0.25) is 0 Å². The Bertz CT molecular complexity index is 583. The van der Waals surface area contributed by atoms with Crippen molar-refractivity contribution < 1.29 is 0 Å². The highest BCUT2D eigenvalue weighted by Gasteiger charge is 2.17. The second-order valence-electron chi connectivity index (χ2n) is 5.80. The van der Waals surface area contributed by atoms with Crippen LogP contribution in [0.2, 0.25) is 0 Å². The minimum atomic E-state index is 0.0308. The Kier molecular flexibility index (Phi) is 3.56. The van der Waals surface area contributed by atoms with E-state index in [0.717, 1.165) is 28.5 Å². The molecule has 0 atom stereocenters. The van der Waals surface area contributed by atoms with Gasteiger partial charge in [0.25, 0.3) is 0 Å². The fourth-order valence-electron chi connectivity index (χ4n) is 1.90. The molecule has 0 bridgehead atoms. The maximum atomic E-state index is 4.71. The van der Waals surface area contributed by atoms with E-state index in [4.69, 9.17) is 4.98 Å². The number of aryl methyl sites for hydroxylation is 1. The molecule has 1 N–H and O–H groups in total. The maximum Gasteiger partial charge on any atom is 0.159 e. The van der Waals surface area contributed by atoms with Crippen molar-refractivity contribution in [1.29, 1.82) is 0 Å². The van der Waals surface area contributed by atoms with E-state index in [-0.39, 0.29) is 5.41 Å². The fraction of sp³-hybridized carbons (Fsp3) is 0.375. The van der Waals surface area contributed by atoms with Crippen molar-refractivity contribution in [2.75, 3.05) is 12.4 Å². The number of benzene rings is 1. The van der Waals surface area contributed by atoms with E-state index in [9.17, 15) is 0 Å². The van der Waals surface area contributed by atoms with Crippen molar-refractivity contribution in [2.24, 2.45) is 0 Å². The van der Waals surface area contributed by atoms with Gasteiger partial charge in [-0.2, -0.15) is 0 Å². The van der Waals surface area contributed by atoms with E-state index in [1.807, 2.05) is 32.2 Å². The summed E-state index contributed by atoms with van der Waals surface area (Å²) in [6.07, 6.45) is 0. The lowest BCUT2D eigenvalue weighted by Crippen LogP contribution is -2.15. The molecule has 0 aliphatic rings. The van der Waals surface area contributed by atoms with Crippen LogP contribution in [0.15, 0.2) is 30.3 Å². The first kappa shape index (κ1) is 13.5. The average Bonchev–Trinajstić information content (AvgIpc) is 2.37. The summed E-state index contributed by atoms with van der Waals surface area (Å²) in [5.41, 5.74) is 4.22. The van der Waals surface area contributed by atoms with Gasteiger partial charge in [0.2, 0.25) is 0 Å². The van der Waals surface area contributed by atoms with Crippen LogP contribution < -0.4 is 5.32 Å². The van der Waals surface area contributed by atoms with Crippen LogP contribution in [-0.4, -0.2) is 17.0 Å². The summed E-state index contributed by atoms with van der Waals surface area (Å²) in [5.74, 6) is 0.794. The zero-order valence-electron chi connectivity index (χ0n) is 12.3. The average molecular weight is 255 g/mol. The SMILES string of the molecule is CNc1cccc(-c2nc(C)cc(C(C)(C)C)n2)c1. The largest absolute Gasteiger partial charge is 0.388 e. The van der Waals surface area contributed by atoms with Crippen LogP contribution >= 0.6 is 0 Å². The molecular formula is C16H21N3. The van der Waals surface area contributed by atoms with Gasteiger partial charge in [-0.1, -0.05) is 32.9 Å². The number of aromatic nitrogens is 2. The van der Waals surface area contributed by atoms with E-state index >= 15 is 0 Å². The van der Waals surface area contributed by atoms with Gasteiger partial charge >= 0.3 is 0 Å². The zero-order valence-corrected chi connectivity index (χ0v) is 12.3. The van der Waals surface area contributed by atoms with E-state index in [0.29, 0.717) is 0 Å². The molecule has 1 aromatic carbocycles. The number of hydrogen-bond donors (Lipinski definition) is 1. The summed E-state index contributed by atoms with van der Waals surface area (Å²) < 4.78 is 0. The molecule has 0 amide bonds. The number of hydrogen-bond acceptors (Lipinski definition) is 3. The van der Waals surface area contributed by atoms with Gasteiger partial charge in [-0.05, 0) is 25.1 Å². The molecule has 3 heteroatoms. The molecule has 2 aromatic rings. The third-order valence-electron chi connectivity index (χ3n) is 3.03. The summed E-state index contributed by atoms with van der Waals surface area (Å²) in [6, 6.07) is 10.2. The number of nitrogens with one attached hydrogen (secondary N) is 1. The maximum absolute atomic E-state index is 4.71. The minimum absolute atomic E-state index is 0.0308. The molecule has 19 heavy (non-hydrogen) atoms. The molecule has 0 fully saturated rings. The van der Waals surface area contributed by atoms with Crippen molar-refractivity contribution in [3.8, 4) is 11.4 Å². The predicted molar refractivity (Wildman–Crippen MR) is 80.5 cm³/mol. The van der Waals surface area contributed by atoms with Crippen LogP contribution in [0, 0.1) is 6.92 Å². The second kappa shape index (κ2) is 5.00. The van der Waals surface area contributed by atoms with Gasteiger partial charge in [0, 0.05) is 29.4 Å². The molecule has 0 unspecified atom stereocenters. The Balaban J connectivity index is 2.53. The van der Waals surface area contributed by atoms with Crippen LogP contribution in [0.4, 0.5) is 5.69 Å². The first-order chi connectivity index (χ1) is 8.90. The van der Waals surface area contributed by atoms with Crippen molar-refractivity contribution in [2.45, 2.75) is 33.1 Å². The number of rotatable bonds is 2. The van der Waals surface area contributed by atoms with E-state index in [2.05, 4.69) is 43.2 Å². The van der Waals surface area contributed by atoms with Gasteiger partial charge in [0.05, 0.1) is 5.69 Å². The normalized spacial score (nSPS) is 11.4. The molecule has 2 rings (SSSR count). The molecule has 0 spiro atoms. The van der Waals surface area contributed by atoms with Gasteiger partial charge in [-0.15, -0.1) is 0 Å². The Morgan fingerprint density at radius 2 is 1.79 bits per heavy atom. The van der Waals surface area contributed by atoms with Crippen LogP contribution in [0.1, 0.15) is 32.2 Å². The van der Waals surface area contributed by atoms with Crippen LogP contribution in [-0.2, 0) is 5.41 Å². The zero-order chi connectivity index (χ0) is 14.0. The summed E-state index contributed by atoms with van der Waals surface area (Å²) in [7, 11) is 1.91. The molecule has 0 aliphatic carbocycles. The topological polar surface area (TPSA) is 37.8 Å². The van der Waals surface area contributed by atoms with E-state index in [1.54, 1.807) is 0 Å². The lowest BCUT2D eigenvalue weighted by atomic mass is 9.91. The molecule has 0 radical (unpaired) electrons. The van der Waals surface area contributed by atoms with E-state index < -0.39 is 0 Å². The highest BCUT2D eigenvalue weighted by molar-refractivity contribution is 5.62. The first-order valence-electron chi connectivity index (χ1n) is 6.54. The van der Waals surface area contributed by atoms with Gasteiger partial charge in [0.1, 0.15) is 0 Å². The lowest BCUT2D eigenvalue weighted by molar-refractivity contribution is 0.567. The van der Waals surface area contributed by atoms with Crippen molar-refractivity contribution in [3.63, 3.8) is 0 Å². The number of nitrogens with zero attached hydrogens (tertiary/aromatic N) is 2. The van der Waals surface area contributed by atoms with Gasteiger partial charge in [-0.25, -0.2) is 9.97 Å².